The van der Waals surface area contributed by atoms with Gasteiger partial charge < -0.3 is 0 Å². The molecule has 0 aromatic heterocycles. The molecule has 0 spiro atoms. The molecule has 0 aliphatic carbocycles. The van der Waals surface area contributed by atoms with Gasteiger partial charge in [-0.05, 0) is 12.1 Å². The smallest absolute Gasteiger partial charge is 0.108 e. The van der Waals surface area contributed by atoms with Gasteiger partial charge in [-0.2, -0.15) is 0 Å². The predicted octanol–water partition coefficient (Wildman–Crippen LogP) is 4.02. The van der Waals surface area contributed by atoms with Crippen LogP contribution in [0.2, 0.25) is 0 Å². The van der Waals surface area contributed by atoms with Gasteiger partial charge in [0, 0.05) is 12.0 Å². The quantitative estimate of drug-likeness (QED) is 0.705. The summed E-state index contributed by atoms with van der Waals surface area (Å²) in [6.07, 6.45) is 0.931. The summed E-state index contributed by atoms with van der Waals surface area (Å²) in [7, 11) is 4.44. The van der Waals surface area contributed by atoms with E-state index in [1.807, 2.05) is 0 Å². The van der Waals surface area contributed by atoms with Crippen LogP contribution in [0.4, 0.5) is 0 Å². The average molecular weight is 252 g/mol. The van der Waals surface area contributed by atoms with Gasteiger partial charge in [0.15, 0.2) is 0 Å². The number of rotatable bonds is 5. The maximum Gasteiger partial charge on any atom is 0.108 e. The van der Waals surface area contributed by atoms with Crippen LogP contribution in [0, 0.1) is 0 Å². The highest BCUT2D eigenvalue weighted by Crippen LogP contribution is 2.19. The van der Waals surface area contributed by atoms with Crippen molar-refractivity contribution in [3.63, 3.8) is 0 Å². The molecule has 0 atom stereocenters. The number of quaternary nitrogens is 1. The minimum absolute atomic E-state index is 0.818. The summed E-state index contributed by atoms with van der Waals surface area (Å²) < 4.78 is 0.818. The number of benzene rings is 2. The molecule has 0 N–H and O–H groups in total. The lowest BCUT2D eigenvalue weighted by Gasteiger charge is -2.31. The van der Waals surface area contributed by atoms with Crippen LogP contribution in [0.15, 0.2) is 72.9 Å². The standard InChI is InChI=1S/C18H22N/c1-16(14-17-10-6-4-7-11-17)19(2,3)15-18-12-8-5-9-13-18/h4-13H,1,14-15H2,2-3H3/q+1. The summed E-state index contributed by atoms with van der Waals surface area (Å²) in [5, 5.41) is 0. The number of allylic oxidation sites excluding steroid dienone is 1. The van der Waals surface area contributed by atoms with Gasteiger partial charge in [0.05, 0.1) is 14.1 Å². The molecule has 0 radical (unpaired) electrons. The summed E-state index contributed by atoms with van der Waals surface area (Å²) in [6.45, 7) is 5.27. The van der Waals surface area contributed by atoms with Crippen molar-refractivity contribution in [1.82, 2.24) is 0 Å². The molecule has 1 heteroatoms. The van der Waals surface area contributed by atoms with E-state index in [1.54, 1.807) is 0 Å². The zero-order valence-electron chi connectivity index (χ0n) is 11.8. The van der Waals surface area contributed by atoms with Crippen LogP contribution < -0.4 is 0 Å². The van der Waals surface area contributed by atoms with E-state index in [9.17, 15) is 0 Å². The summed E-state index contributed by atoms with van der Waals surface area (Å²) >= 11 is 0. The first-order valence-corrected chi connectivity index (χ1v) is 6.67. The lowest BCUT2D eigenvalue weighted by molar-refractivity contribution is -0.867. The molecule has 0 aliphatic rings. The molecule has 0 unspecified atom stereocenters. The summed E-state index contributed by atoms with van der Waals surface area (Å²) in [5.41, 5.74) is 3.91. The second kappa shape index (κ2) is 5.85. The SMILES string of the molecule is C=C(Cc1ccccc1)[N+](C)(C)Cc1ccccc1. The third-order valence-corrected chi connectivity index (χ3v) is 3.53. The first kappa shape index (κ1) is 13.6. The molecule has 1 nitrogen and oxygen atoms in total. The number of likely N-dealkylation sites (N-methyl/N-ethyl adjacent to an activating group) is 1. The van der Waals surface area contributed by atoms with Crippen LogP contribution in [0.1, 0.15) is 11.1 Å². The lowest BCUT2D eigenvalue weighted by atomic mass is 10.1. The highest BCUT2D eigenvalue weighted by molar-refractivity contribution is 5.19. The summed E-state index contributed by atoms with van der Waals surface area (Å²) in [6, 6.07) is 21.1. The number of hydrogen-bond acceptors (Lipinski definition) is 0. The first-order valence-electron chi connectivity index (χ1n) is 6.67. The van der Waals surface area contributed by atoms with E-state index in [-0.39, 0.29) is 0 Å². The van der Waals surface area contributed by atoms with E-state index in [2.05, 4.69) is 81.3 Å². The van der Waals surface area contributed by atoms with Gasteiger partial charge in [-0.25, -0.2) is 0 Å². The molecule has 0 amide bonds. The van der Waals surface area contributed by atoms with E-state index in [4.69, 9.17) is 0 Å². The molecule has 0 heterocycles. The van der Waals surface area contributed by atoms with Crippen LogP contribution in [0.25, 0.3) is 0 Å². The van der Waals surface area contributed by atoms with Gasteiger partial charge >= 0.3 is 0 Å². The summed E-state index contributed by atoms with van der Waals surface area (Å²) in [4.78, 5) is 0. The van der Waals surface area contributed by atoms with E-state index in [0.717, 1.165) is 17.4 Å². The van der Waals surface area contributed by atoms with Crippen LogP contribution in [0.5, 0.6) is 0 Å². The molecular formula is C18H22N+. The van der Waals surface area contributed by atoms with Crippen molar-refractivity contribution >= 4 is 0 Å². The average Bonchev–Trinajstić information content (AvgIpc) is 2.40. The molecule has 0 saturated carbocycles. The van der Waals surface area contributed by atoms with Crippen LogP contribution in [0.3, 0.4) is 0 Å². The summed E-state index contributed by atoms with van der Waals surface area (Å²) in [5.74, 6) is 0. The van der Waals surface area contributed by atoms with Crippen LogP contribution >= 0.6 is 0 Å². The van der Waals surface area contributed by atoms with Crippen LogP contribution in [-0.4, -0.2) is 18.6 Å². The van der Waals surface area contributed by atoms with Crippen molar-refractivity contribution in [3.05, 3.63) is 84.1 Å². The van der Waals surface area contributed by atoms with Gasteiger partial charge in [-0.1, -0.05) is 60.7 Å². The molecule has 19 heavy (non-hydrogen) atoms. The topological polar surface area (TPSA) is 0 Å². The predicted molar refractivity (Wildman–Crippen MR) is 81.5 cm³/mol. The highest BCUT2D eigenvalue weighted by atomic mass is 15.3. The highest BCUT2D eigenvalue weighted by Gasteiger charge is 2.20. The maximum absolute atomic E-state index is 4.29. The molecule has 2 rings (SSSR count). The van der Waals surface area contributed by atoms with Crippen molar-refractivity contribution in [2.24, 2.45) is 0 Å². The molecule has 0 saturated heterocycles. The third-order valence-electron chi connectivity index (χ3n) is 3.53. The van der Waals surface area contributed by atoms with Crippen molar-refractivity contribution in [2.45, 2.75) is 13.0 Å². The Hall–Kier alpha value is -1.86. The molecule has 98 valence electrons. The van der Waals surface area contributed by atoms with Crippen LogP contribution in [-0.2, 0) is 13.0 Å². The Bertz CT molecular complexity index is 526. The fraction of sp³-hybridized carbons (Fsp3) is 0.222. The van der Waals surface area contributed by atoms with Gasteiger partial charge in [-0.15, -0.1) is 0 Å². The largest absolute Gasteiger partial charge is 0.296 e. The first-order chi connectivity index (χ1) is 9.08. The van der Waals surface area contributed by atoms with Gasteiger partial charge in [0.1, 0.15) is 12.2 Å². The second-order valence-corrected chi connectivity index (χ2v) is 5.56. The minimum atomic E-state index is 0.818. The molecular weight excluding hydrogens is 230 g/mol. The fourth-order valence-corrected chi connectivity index (χ4v) is 2.20. The second-order valence-electron chi connectivity index (χ2n) is 5.56. The van der Waals surface area contributed by atoms with Crippen molar-refractivity contribution < 1.29 is 4.48 Å². The number of nitrogens with zero attached hydrogens (tertiary/aromatic N) is 1. The fourth-order valence-electron chi connectivity index (χ4n) is 2.20. The van der Waals surface area contributed by atoms with E-state index < -0.39 is 0 Å². The molecule has 2 aromatic carbocycles. The molecule has 2 aromatic rings. The van der Waals surface area contributed by atoms with Crippen molar-refractivity contribution in [1.29, 1.82) is 0 Å². The van der Waals surface area contributed by atoms with E-state index >= 15 is 0 Å². The normalized spacial score (nSPS) is 11.3. The third kappa shape index (κ3) is 3.80. The monoisotopic (exact) mass is 252 g/mol. The number of hydrogen-bond donors (Lipinski definition) is 0. The lowest BCUT2D eigenvalue weighted by Crippen LogP contribution is -2.38. The van der Waals surface area contributed by atoms with E-state index in [1.165, 1.54) is 16.8 Å². The van der Waals surface area contributed by atoms with E-state index in [0.29, 0.717) is 0 Å². The Balaban J connectivity index is 2.05. The van der Waals surface area contributed by atoms with Crippen molar-refractivity contribution in [2.75, 3.05) is 14.1 Å². The molecule has 0 aliphatic heterocycles. The zero-order valence-corrected chi connectivity index (χ0v) is 11.8. The Morgan fingerprint density at radius 1 is 0.842 bits per heavy atom. The van der Waals surface area contributed by atoms with Gasteiger partial charge in [-0.3, -0.25) is 4.48 Å². The molecule has 0 bridgehead atoms. The zero-order chi connectivity index (χ0) is 13.7. The Kier molecular flexibility index (Phi) is 4.18. The Morgan fingerprint density at radius 3 is 1.84 bits per heavy atom. The van der Waals surface area contributed by atoms with Gasteiger partial charge in [0.2, 0.25) is 0 Å². The minimum Gasteiger partial charge on any atom is -0.296 e. The molecule has 0 fully saturated rings. The van der Waals surface area contributed by atoms with Crippen molar-refractivity contribution in [3.8, 4) is 0 Å². The van der Waals surface area contributed by atoms with Gasteiger partial charge in [0.25, 0.3) is 0 Å². The maximum atomic E-state index is 4.29. The Morgan fingerprint density at radius 2 is 1.32 bits per heavy atom. The Labute approximate surface area is 116 Å².